The van der Waals surface area contributed by atoms with Gasteiger partial charge in [-0.3, -0.25) is 4.90 Å². The minimum Gasteiger partial charge on any atom is -0.311 e. The van der Waals surface area contributed by atoms with Crippen molar-refractivity contribution in [3.8, 4) is 0 Å². The van der Waals surface area contributed by atoms with E-state index in [0.717, 1.165) is 19.0 Å². The molecule has 1 heterocycles. The van der Waals surface area contributed by atoms with Crippen molar-refractivity contribution in [3.63, 3.8) is 0 Å². The average Bonchev–Trinajstić information content (AvgIpc) is 3.33. The number of nitrogens with one attached hydrogen (secondary N) is 1. The van der Waals surface area contributed by atoms with Gasteiger partial charge in [0.15, 0.2) is 0 Å². The van der Waals surface area contributed by atoms with Crippen molar-refractivity contribution < 1.29 is 0 Å². The molecular formula is C18H28N2. The first-order valence-electron chi connectivity index (χ1n) is 8.37. The number of rotatable bonds is 6. The van der Waals surface area contributed by atoms with Gasteiger partial charge >= 0.3 is 0 Å². The van der Waals surface area contributed by atoms with Crippen LogP contribution in [-0.2, 0) is 6.54 Å². The lowest BCUT2D eigenvalue weighted by atomic mass is 10.0. The summed E-state index contributed by atoms with van der Waals surface area (Å²) in [6.45, 7) is 7.10. The van der Waals surface area contributed by atoms with Gasteiger partial charge in [0.25, 0.3) is 0 Å². The molecule has 0 spiro atoms. The molecule has 1 unspecified atom stereocenters. The van der Waals surface area contributed by atoms with Gasteiger partial charge in [-0.2, -0.15) is 0 Å². The fourth-order valence-electron chi connectivity index (χ4n) is 3.39. The quantitative estimate of drug-likeness (QED) is 0.852. The second kappa shape index (κ2) is 6.73. The molecule has 1 N–H and O–H groups in total. The Morgan fingerprint density at radius 1 is 1.15 bits per heavy atom. The molecule has 1 aliphatic heterocycles. The number of likely N-dealkylation sites (tertiary alicyclic amines) is 1. The standard InChI is InChI=1S/C18H28N2/c1-15(20-11-5-2-6-12-20)13-19-14-17-7-3-4-8-18(17)16-9-10-16/h3-4,7-8,15-16,19H,2,5-6,9-14H2,1H3. The topological polar surface area (TPSA) is 15.3 Å². The summed E-state index contributed by atoms with van der Waals surface area (Å²) in [5.74, 6) is 0.854. The molecule has 0 amide bonds. The summed E-state index contributed by atoms with van der Waals surface area (Å²) in [4.78, 5) is 2.64. The van der Waals surface area contributed by atoms with Crippen LogP contribution in [0, 0.1) is 0 Å². The van der Waals surface area contributed by atoms with Crippen LogP contribution in [0.2, 0.25) is 0 Å². The van der Waals surface area contributed by atoms with Gasteiger partial charge in [-0.15, -0.1) is 0 Å². The molecular weight excluding hydrogens is 244 g/mol. The summed E-state index contributed by atoms with van der Waals surface area (Å²) in [5, 5.41) is 3.68. The number of hydrogen-bond donors (Lipinski definition) is 1. The zero-order valence-electron chi connectivity index (χ0n) is 12.8. The summed E-state index contributed by atoms with van der Waals surface area (Å²) >= 11 is 0. The van der Waals surface area contributed by atoms with E-state index in [1.807, 2.05) is 0 Å². The first-order chi connectivity index (χ1) is 9.84. The molecule has 2 fully saturated rings. The lowest BCUT2D eigenvalue weighted by Gasteiger charge is -2.32. The zero-order valence-corrected chi connectivity index (χ0v) is 12.8. The molecule has 3 rings (SSSR count). The SMILES string of the molecule is CC(CNCc1ccccc1C1CC1)N1CCCCC1. The molecule has 1 aromatic rings. The molecule has 1 saturated carbocycles. The number of piperidine rings is 1. The third-order valence-corrected chi connectivity index (χ3v) is 4.84. The molecule has 20 heavy (non-hydrogen) atoms. The molecule has 1 aliphatic carbocycles. The molecule has 2 nitrogen and oxygen atoms in total. The summed E-state index contributed by atoms with van der Waals surface area (Å²) in [7, 11) is 0. The third-order valence-electron chi connectivity index (χ3n) is 4.84. The van der Waals surface area contributed by atoms with Gasteiger partial charge in [0.1, 0.15) is 0 Å². The fraction of sp³-hybridized carbons (Fsp3) is 0.667. The van der Waals surface area contributed by atoms with E-state index in [-0.39, 0.29) is 0 Å². The molecule has 0 aromatic heterocycles. The highest BCUT2D eigenvalue weighted by Crippen LogP contribution is 2.41. The van der Waals surface area contributed by atoms with Crippen LogP contribution in [0.4, 0.5) is 0 Å². The highest BCUT2D eigenvalue weighted by Gasteiger charge is 2.25. The second-order valence-corrected chi connectivity index (χ2v) is 6.55. The lowest BCUT2D eigenvalue weighted by molar-refractivity contribution is 0.170. The number of hydrogen-bond acceptors (Lipinski definition) is 2. The van der Waals surface area contributed by atoms with Crippen LogP contribution < -0.4 is 5.32 Å². The lowest BCUT2D eigenvalue weighted by Crippen LogP contribution is -2.43. The van der Waals surface area contributed by atoms with Crippen LogP contribution in [-0.4, -0.2) is 30.6 Å². The first kappa shape index (κ1) is 14.1. The van der Waals surface area contributed by atoms with Crippen LogP contribution in [0.1, 0.15) is 56.1 Å². The van der Waals surface area contributed by atoms with Crippen LogP contribution in [0.5, 0.6) is 0 Å². The largest absolute Gasteiger partial charge is 0.311 e. The summed E-state index contributed by atoms with van der Waals surface area (Å²) in [6, 6.07) is 9.66. The zero-order chi connectivity index (χ0) is 13.8. The van der Waals surface area contributed by atoms with Crippen molar-refractivity contribution in [2.75, 3.05) is 19.6 Å². The van der Waals surface area contributed by atoms with Crippen molar-refractivity contribution in [1.82, 2.24) is 10.2 Å². The Labute approximate surface area is 123 Å². The summed E-state index contributed by atoms with van der Waals surface area (Å²) in [6.07, 6.45) is 6.97. The van der Waals surface area contributed by atoms with Gasteiger partial charge in [0.05, 0.1) is 0 Å². The monoisotopic (exact) mass is 272 g/mol. The molecule has 0 radical (unpaired) electrons. The summed E-state index contributed by atoms with van der Waals surface area (Å²) < 4.78 is 0. The Kier molecular flexibility index (Phi) is 4.74. The van der Waals surface area contributed by atoms with Crippen molar-refractivity contribution in [2.45, 2.75) is 57.5 Å². The predicted molar refractivity (Wildman–Crippen MR) is 85.0 cm³/mol. The first-order valence-corrected chi connectivity index (χ1v) is 8.37. The normalized spacial score (nSPS) is 21.9. The van der Waals surface area contributed by atoms with Crippen LogP contribution >= 0.6 is 0 Å². The van der Waals surface area contributed by atoms with Crippen molar-refractivity contribution >= 4 is 0 Å². The van der Waals surface area contributed by atoms with E-state index in [9.17, 15) is 0 Å². The van der Waals surface area contributed by atoms with E-state index >= 15 is 0 Å². The van der Waals surface area contributed by atoms with Gasteiger partial charge in [-0.25, -0.2) is 0 Å². The highest BCUT2D eigenvalue weighted by atomic mass is 15.2. The predicted octanol–water partition coefficient (Wildman–Crippen LogP) is 3.53. The van der Waals surface area contributed by atoms with Crippen molar-refractivity contribution in [3.05, 3.63) is 35.4 Å². The van der Waals surface area contributed by atoms with Gasteiger partial charge in [0.2, 0.25) is 0 Å². The Hall–Kier alpha value is -0.860. The molecule has 110 valence electrons. The van der Waals surface area contributed by atoms with Crippen LogP contribution in [0.25, 0.3) is 0 Å². The third kappa shape index (κ3) is 3.62. The van der Waals surface area contributed by atoms with Gasteiger partial charge in [-0.1, -0.05) is 30.7 Å². The molecule has 1 aromatic carbocycles. The Morgan fingerprint density at radius 3 is 2.65 bits per heavy atom. The van der Waals surface area contributed by atoms with E-state index in [0.29, 0.717) is 6.04 Å². The molecule has 2 heteroatoms. The van der Waals surface area contributed by atoms with E-state index in [1.54, 1.807) is 5.56 Å². The molecule has 1 atom stereocenters. The maximum absolute atomic E-state index is 3.68. The van der Waals surface area contributed by atoms with Gasteiger partial charge < -0.3 is 5.32 Å². The highest BCUT2D eigenvalue weighted by molar-refractivity contribution is 5.33. The molecule has 0 bridgehead atoms. The Balaban J connectivity index is 1.47. The van der Waals surface area contributed by atoms with Crippen LogP contribution in [0.15, 0.2) is 24.3 Å². The summed E-state index contributed by atoms with van der Waals surface area (Å²) in [5.41, 5.74) is 3.10. The van der Waals surface area contributed by atoms with Gasteiger partial charge in [-0.05, 0) is 62.7 Å². The average molecular weight is 272 g/mol. The maximum atomic E-state index is 3.68. The number of benzene rings is 1. The maximum Gasteiger partial charge on any atom is 0.0208 e. The van der Waals surface area contributed by atoms with Crippen molar-refractivity contribution in [1.29, 1.82) is 0 Å². The molecule has 1 saturated heterocycles. The fourth-order valence-corrected chi connectivity index (χ4v) is 3.39. The van der Waals surface area contributed by atoms with Crippen molar-refractivity contribution in [2.24, 2.45) is 0 Å². The van der Waals surface area contributed by atoms with E-state index in [2.05, 4.69) is 41.4 Å². The van der Waals surface area contributed by atoms with E-state index < -0.39 is 0 Å². The minimum absolute atomic E-state index is 0.670. The smallest absolute Gasteiger partial charge is 0.0208 e. The Morgan fingerprint density at radius 2 is 1.90 bits per heavy atom. The minimum atomic E-state index is 0.670. The number of nitrogens with zero attached hydrogens (tertiary/aromatic N) is 1. The molecule has 2 aliphatic rings. The van der Waals surface area contributed by atoms with Crippen LogP contribution in [0.3, 0.4) is 0 Å². The second-order valence-electron chi connectivity index (χ2n) is 6.55. The van der Waals surface area contributed by atoms with E-state index in [1.165, 1.54) is 50.8 Å². The Bertz CT molecular complexity index is 419. The van der Waals surface area contributed by atoms with E-state index in [4.69, 9.17) is 0 Å². The van der Waals surface area contributed by atoms with Gasteiger partial charge in [0, 0.05) is 19.1 Å².